The Balaban J connectivity index is 2.88. The molecule has 0 unspecified atom stereocenters. The summed E-state index contributed by atoms with van der Waals surface area (Å²) in [5.74, 6) is 0. The van der Waals surface area contributed by atoms with Crippen LogP contribution in [0.25, 0.3) is 5.01 Å². The molecule has 0 amide bonds. The number of hydrogen-bond donors (Lipinski definition) is 0. The highest BCUT2D eigenvalue weighted by molar-refractivity contribution is 4.36. The highest BCUT2D eigenvalue weighted by Gasteiger charge is 1.89. The Hall–Kier alpha value is -0.710. The van der Waals surface area contributed by atoms with E-state index < -0.39 is 0 Å². The van der Waals surface area contributed by atoms with E-state index in [4.69, 9.17) is 6.57 Å². The van der Waals surface area contributed by atoms with Crippen LogP contribution in [0.1, 0.15) is 13.8 Å². The molecular formula is C4H7NO. The van der Waals surface area contributed by atoms with E-state index in [1.807, 2.05) is 13.8 Å². The molecule has 0 saturated carbocycles. The quantitative estimate of drug-likeness (QED) is 0.345. The molecule has 0 aromatic heterocycles. The third-order valence-corrected chi connectivity index (χ3v) is 0.264. The largest absolute Gasteiger partial charge is 0.197 e. The van der Waals surface area contributed by atoms with Gasteiger partial charge in [0.2, 0.25) is 0 Å². The van der Waals surface area contributed by atoms with Crippen LogP contribution in [-0.4, -0.2) is 6.10 Å². The molecule has 0 heterocycles. The summed E-state index contributed by atoms with van der Waals surface area (Å²) in [5, 5.41) is 2.69. The third-order valence-electron chi connectivity index (χ3n) is 0.264. The van der Waals surface area contributed by atoms with Gasteiger partial charge in [-0.15, -0.1) is 0 Å². The Morgan fingerprint density at radius 2 is 2.17 bits per heavy atom. The van der Waals surface area contributed by atoms with Crippen molar-refractivity contribution in [2.24, 2.45) is 0 Å². The minimum Gasteiger partial charge on any atom is -0.197 e. The van der Waals surface area contributed by atoms with Crippen LogP contribution in [0.2, 0.25) is 0 Å². The molecule has 0 saturated heterocycles. The molecule has 2 heteroatoms. The first-order chi connectivity index (χ1) is 2.77. The van der Waals surface area contributed by atoms with E-state index >= 15 is 0 Å². The second kappa shape index (κ2) is 2.52. The van der Waals surface area contributed by atoms with Gasteiger partial charge in [-0.3, -0.25) is 0 Å². The lowest BCUT2D eigenvalue weighted by atomic mass is 10.5. The molecule has 0 atom stereocenters. The van der Waals surface area contributed by atoms with Crippen molar-refractivity contribution >= 4 is 0 Å². The lowest BCUT2D eigenvalue weighted by Crippen LogP contribution is -1.91. The van der Waals surface area contributed by atoms with Crippen molar-refractivity contribution in [3.05, 3.63) is 11.6 Å². The Morgan fingerprint density at radius 3 is 2.17 bits per heavy atom. The summed E-state index contributed by atoms with van der Waals surface area (Å²) in [6.45, 7) is 9.77. The maximum absolute atomic E-state index is 6.14. The van der Waals surface area contributed by atoms with Crippen LogP contribution in [0.3, 0.4) is 0 Å². The molecule has 0 aliphatic carbocycles. The molecule has 0 aliphatic heterocycles. The van der Waals surface area contributed by atoms with Gasteiger partial charge < -0.3 is 0 Å². The fourth-order valence-electron chi connectivity index (χ4n) is 0.105. The number of nitrogens with zero attached hydrogens (tertiary/aromatic N) is 1. The Bertz CT molecular complexity index is 62.4. The second-order valence-corrected chi connectivity index (χ2v) is 1.25. The topological polar surface area (TPSA) is 13.6 Å². The van der Waals surface area contributed by atoms with Crippen molar-refractivity contribution in [3.8, 4) is 0 Å². The van der Waals surface area contributed by atoms with Crippen molar-refractivity contribution < 1.29 is 4.84 Å². The predicted octanol–water partition coefficient (Wildman–Crippen LogP) is 1.25. The van der Waals surface area contributed by atoms with E-state index in [0.717, 1.165) is 0 Å². The molecule has 0 spiro atoms. The van der Waals surface area contributed by atoms with E-state index in [1.165, 1.54) is 0 Å². The van der Waals surface area contributed by atoms with Gasteiger partial charge in [0, 0.05) is 0 Å². The molecule has 0 aromatic carbocycles. The molecule has 0 aliphatic rings. The molecule has 0 aromatic rings. The first-order valence-corrected chi connectivity index (χ1v) is 1.80. The van der Waals surface area contributed by atoms with Gasteiger partial charge in [-0.25, -0.2) is 0 Å². The van der Waals surface area contributed by atoms with Gasteiger partial charge in [-0.1, -0.05) is 0 Å². The molecule has 34 valence electrons. The predicted molar refractivity (Wildman–Crippen MR) is 22.8 cm³/mol. The second-order valence-electron chi connectivity index (χ2n) is 1.25. The lowest BCUT2D eigenvalue weighted by molar-refractivity contribution is 0.173. The van der Waals surface area contributed by atoms with Gasteiger partial charge >= 0.3 is 0 Å². The van der Waals surface area contributed by atoms with Crippen LogP contribution in [0.4, 0.5) is 0 Å². The van der Waals surface area contributed by atoms with E-state index in [1.54, 1.807) is 0 Å². The van der Waals surface area contributed by atoms with Gasteiger partial charge in [0.25, 0.3) is 0 Å². The van der Waals surface area contributed by atoms with Crippen molar-refractivity contribution in [3.63, 3.8) is 0 Å². The van der Waals surface area contributed by atoms with Gasteiger partial charge in [0.1, 0.15) is 0 Å². The minimum atomic E-state index is 0.0440. The summed E-state index contributed by atoms with van der Waals surface area (Å²) in [4.78, 5) is 4.33. The highest BCUT2D eigenvalue weighted by atomic mass is 16.6. The first kappa shape index (κ1) is 5.29. The smallest absolute Gasteiger partial charge is 0.179 e. The zero-order valence-corrected chi connectivity index (χ0v) is 3.93. The molecule has 0 fully saturated rings. The number of rotatable bonds is 1. The van der Waals surface area contributed by atoms with Crippen molar-refractivity contribution in [2.45, 2.75) is 20.0 Å². The highest BCUT2D eigenvalue weighted by Crippen LogP contribution is 1.84. The van der Waals surface area contributed by atoms with Crippen LogP contribution in [0.5, 0.6) is 0 Å². The summed E-state index contributed by atoms with van der Waals surface area (Å²) in [6, 6.07) is 0. The van der Waals surface area contributed by atoms with Gasteiger partial charge in [0.05, 0.1) is 0 Å². The van der Waals surface area contributed by atoms with E-state index in [9.17, 15) is 0 Å². The van der Waals surface area contributed by atoms with Crippen LogP contribution >= 0.6 is 0 Å². The maximum Gasteiger partial charge on any atom is 0.179 e. The van der Waals surface area contributed by atoms with Crippen molar-refractivity contribution in [1.29, 1.82) is 0 Å². The Labute approximate surface area is 37.5 Å². The van der Waals surface area contributed by atoms with Crippen molar-refractivity contribution in [2.75, 3.05) is 0 Å². The monoisotopic (exact) mass is 85.1 g/mol. The first-order valence-electron chi connectivity index (χ1n) is 1.80. The van der Waals surface area contributed by atoms with Gasteiger partial charge in [-0.05, 0) is 18.9 Å². The summed E-state index contributed by atoms with van der Waals surface area (Å²) in [6.07, 6.45) is 0.0440. The summed E-state index contributed by atoms with van der Waals surface area (Å²) in [7, 11) is 0. The van der Waals surface area contributed by atoms with Gasteiger partial charge in [0.15, 0.2) is 6.10 Å². The van der Waals surface area contributed by atoms with E-state index in [2.05, 4.69) is 9.85 Å². The average Bonchev–Trinajstić information content (AvgIpc) is 1.35. The molecule has 6 heavy (non-hydrogen) atoms. The standard InChI is InChI=1S/C4H7NO/c1-4(2)6-5-3/h4H,1-2H3. The van der Waals surface area contributed by atoms with Crippen LogP contribution in [-0.2, 0) is 4.84 Å². The molecule has 0 rings (SSSR count). The molecule has 0 radical (unpaired) electrons. The van der Waals surface area contributed by atoms with Crippen LogP contribution in [0.15, 0.2) is 0 Å². The lowest BCUT2D eigenvalue weighted by Gasteiger charge is -1.86. The molecule has 0 bridgehead atoms. The average molecular weight is 85.1 g/mol. The summed E-state index contributed by atoms with van der Waals surface area (Å²) >= 11 is 0. The van der Waals surface area contributed by atoms with Crippen LogP contribution < -0.4 is 0 Å². The number of hydrogen-bond acceptors (Lipinski definition) is 1. The van der Waals surface area contributed by atoms with E-state index in [0.29, 0.717) is 0 Å². The fraction of sp³-hybridized carbons (Fsp3) is 0.750. The minimum absolute atomic E-state index is 0.0440. The Kier molecular flexibility index (Phi) is 2.22. The maximum atomic E-state index is 6.14. The zero-order valence-electron chi connectivity index (χ0n) is 3.93. The SMILES string of the molecule is [C-]#[N+]OC(C)C. The van der Waals surface area contributed by atoms with Gasteiger partial charge in [-0.2, -0.15) is 11.4 Å². The summed E-state index contributed by atoms with van der Waals surface area (Å²) in [5.41, 5.74) is 0. The molecule has 2 nitrogen and oxygen atoms in total. The normalized spacial score (nSPS) is 7.67. The van der Waals surface area contributed by atoms with Crippen molar-refractivity contribution in [1.82, 2.24) is 0 Å². The summed E-state index contributed by atoms with van der Waals surface area (Å²) < 4.78 is 0. The zero-order chi connectivity index (χ0) is 4.99. The fourth-order valence-corrected chi connectivity index (χ4v) is 0.105. The molecule has 0 N–H and O–H groups in total. The molecular weight excluding hydrogens is 78.0 g/mol. The van der Waals surface area contributed by atoms with E-state index in [-0.39, 0.29) is 6.10 Å². The Morgan fingerprint density at radius 1 is 1.67 bits per heavy atom. The third kappa shape index (κ3) is 3.29. The van der Waals surface area contributed by atoms with Crippen LogP contribution in [0, 0.1) is 6.57 Å².